The Balaban J connectivity index is 2.89. The summed E-state index contributed by atoms with van der Waals surface area (Å²) in [6.07, 6.45) is 3.00. The van der Waals surface area contributed by atoms with Gasteiger partial charge in [-0.25, -0.2) is 0 Å². The Bertz CT molecular complexity index is 476. The lowest BCUT2D eigenvalue weighted by Gasteiger charge is -2.22. The number of carbonyl (C=O) groups is 1. The number of ether oxygens (including phenoxy) is 1. The Morgan fingerprint density at radius 2 is 2.30 bits per heavy atom. The van der Waals surface area contributed by atoms with Crippen LogP contribution in [-0.4, -0.2) is 42.2 Å². The summed E-state index contributed by atoms with van der Waals surface area (Å²) in [5, 5.41) is 8.69. The van der Waals surface area contributed by atoms with E-state index in [0.717, 1.165) is 13.0 Å². The molecule has 20 heavy (non-hydrogen) atoms. The number of hydrogen-bond donors (Lipinski definition) is 1. The third-order valence-electron chi connectivity index (χ3n) is 2.95. The van der Waals surface area contributed by atoms with E-state index in [2.05, 4.69) is 6.07 Å². The number of nitrogen functional groups attached to an aromatic ring is 1. The molecule has 0 aliphatic rings. The molecule has 0 aromatic carbocycles. The van der Waals surface area contributed by atoms with E-state index in [-0.39, 0.29) is 5.91 Å². The monoisotopic (exact) mass is 278 g/mol. The van der Waals surface area contributed by atoms with Crippen molar-refractivity contribution in [2.24, 2.45) is 0 Å². The van der Waals surface area contributed by atoms with Crippen LogP contribution in [0.1, 0.15) is 30.3 Å². The number of aryl methyl sites for hydroxylation is 1. The summed E-state index contributed by atoms with van der Waals surface area (Å²) in [5.41, 5.74) is 6.92. The molecule has 2 N–H and O–H groups in total. The second-order valence-electron chi connectivity index (χ2n) is 4.55. The van der Waals surface area contributed by atoms with E-state index in [1.165, 1.54) is 0 Å². The molecule has 0 fully saturated rings. The molecule has 0 aliphatic heterocycles. The standard InChI is InChI=1S/C14H22N4O2/c1-3-6-18-11-12(16)10-13(18)14(19)17(7-4-5-15)8-9-20-2/h10-11H,3-4,6-9,16H2,1-2H3. The molecule has 0 spiro atoms. The Labute approximate surface area is 119 Å². The summed E-state index contributed by atoms with van der Waals surface area (Å²) < 4.78 is 6.88. The van der Waals surface area contributed by atoms with E-state index in [1.807, 2.05) is 11.5 Å². The number of anilines is 1. The molecule has 6 heteroatoms. The lowest BCUT2D eigenvalue weighted by Crippen LogP contribution is -2.35. The minimum atomic E-state index is -0.109. The lowest BCUT2D eigenvalue weighted by molar-refractivity contribution is 0.0689. The highest BCUT2D eigenvalue weighted by Crippen LogP contribution is 2.14. The van der Waals surface area contributed by atoms with Gasteiger partial charge in [-0.1, -0.05) is 6.92 Å². The first-order valence-electron chi connectivity index (χ1n) is 6.74. The van der Waals surface area contributed by atoms with Crippen molar-refractivity contribution in [1.29, 1.82) is 5.26 Å². The number of amides is 1. The van der Waals surface area contributed by atoms with Crippen LogP contribution >= 0.6 is 0 Å². The van der Waals surface area contributed by atoms with Gasteiger partial charge in [0, 0.05) is 32.9 Å². The number of carbonyl (C=O) groups excluding carboxylic acids is 1. The van der Waals surface area contributed by atoms with Crippen molar-refractivity contribution in [2.45, 2.75) is 26.3 Å². The lowest BCUT2D eigenvalue weighted by atomic mass is 10.3. The topological polar surface area (TPSA) is 84.3 Å². The van der Waals surface area contributed by atoms with Crippen molar-refractivity contribution < 1.29 is 9.53 Å². The van der Waals surface area contributed by atoms with Crippen molar-refractivity contribution in [1.82, 2.24) is 9.47 Å². The van der Waals surface area contributed by atoms with Crippen LogP contribution in [0.15, 0.2) is 12.3 Å². The van der Waals surface area contributed by atoms with Gasteiger partial charge in [0.25, 0.3) is 5.91 Å². The van der Waals surface area contributed by atoms with Crippen molar-refractivity contribution >= 4 is 11.6 Å². The Morgan fingerprint density at radius 3 is 2.90 bits per heavy atom. The number of rotatable bonds is 8. The summed E-state index contributed by atoms with van der Waals surface area (Å²) in [5.74, 6) is -0.109. The molecular formula is C14H22N4O2. The summed E-state index contributed by atoms with van der Waals surface area (Å²) in [7, 11) is 1.59. The minimum absolute atomic E-state index is 0.109. The molecule has 0 unspecified atom stereocenters. The fourth-order valence-corrected chi connectivity index (χ4v) is 2.00. The zero-order valence-corrected chi connectivity index (χ0v) is 12.1. The molecule has 0 saturated carbocycles. The molecule has 110 valence electrons. The van der Waals surface area contributed by atoms with Gasteiger partial charge in [0.05, 0.1) is 24.8 Å². The third-order valence-corrected chi connectivity index (χ3v) is 2.95. The zero-order valence-electron chi connectivity index (χ0n) is 12.1. The molecule has 0 radical (unpaired) electrons. The molecular weight excluding hydrogens is 256 g/mol. The average molecular weight is 278 g/mol. The maximum atomic E-state index is 12.6. The van der Waals surface area contributed by atoms with Crippen LogP contribution in [0, 0.1) is 11.3 Å². The molecule has 0 saturated heterocycles. The van der Waals surface area contributed by atoms with Gasteiger partial charge in [0.2, 0.25) is 0 Å². The highest BCUT2D eigenvalue weighted by molar-refractivity contribution is 5.93. The highest BCUT2D eigenvalue weighted by atomic mass is 16.5. The number of methoxy groups -OCH3 is 1. The third kappa shape index (κ3) is 4.28. The van der Waals surface area contributed by atoms with E-state index in [4.69, 9.17) is 15.7 Å². The van der Waals surface area contributed by atoms with Gasteiger partial charge in [0.1, 0.15) is 5.69 Å². The molecule has 1 aromatic rings. The largest absolute Gasteiger partial charge is 0.397 e. The first kappa shape index (κ1) is 16.1. The summed E-state index contributed by atoms with van der Waals surface area (Å²) in [4.78, 5) is 14.2. The fraction of sp³-hybridized carbons (Fsp3) is 0.571. The Hall–Kier alpha value is -2.00. The number of aromatic nitrogens is 1. The molecule has 1 amide bonds. The summed E-state index contributed by atoms with van der Waals surface area (Å²) >= 11 is 0. The quantitative estimate of drug-likeness (QED) is 0.780. The summed E-state index contributed by atoms with van der Waals surface area (Å²) in [6.45, 7) is 4.10. The first-order valence-corrected chi connectivity index (χ1v) is 6.74. The maximum Gasteiger partial charge on any atom is 0.270 e. The van der Waals surface area contributed by atoms with Crippen molar-refractivity contribution in [3.05, 3.63) is 18.0 Å². The van der Waals surface area contributed by atoms with Gasteiger partial charge in [-0.2, -0.15) is 5.26 Å². The SMILES string of the molecule is CCCn1cc(N)cc1C(=O)N(CCC#N)CCOC. The van der Waals surface area contributed by atoms with Crippen LogP contribution in [0.2, 0.25) is 0 Å². The van der Waals surface area contributed by atoms with Crippen LogP contribution in [0.4, 0.5) is 5.69 Å². The predicted molar refractivity (Wildman–Crippen MR) is 77.1 cm³/mol. The van der Waals surface area contributed by atoms with Gasteiger partial charge >= 0.3 is 0 Å². The molecule has 0 bridgehead atoms. The zero-order chi connectivity index (χ0) is 15.0. The van der Waals surface area contributed by atoms with E-state index in [1.54, 1.807) is 24.3 Å². The number of nitrogens with two attached hydrogens (primary N) is 1. The average Bonchev–Trinajstić information content (AvgIpc) is 2.80. The second-order valence-corrected chi connectivity index (χ2v) is 4.55. The van der Waals surface area contributed by atoms with Crippen molar-refractivity contribution in [3.8, 4) is 6.07 Å². The van der Waals surface area contributed by atoms with Gasteiger partial charge in [-0.15, -0.1) is 0 Å². The molecule has 0 aliphatic carbocycles. The van der Waals surface area contributed by atoms with E-state index in [0.29, 0.717) is 37.5 Å². The van der Waals surface area contributed by atoms with Crippen LogP contribution in [0.5, 0.6) is 0 Å². The van der Waals surface area contributed by atoms with E-state index < -0.39 is 0 Å². The van der Waals surface area contributed by atoms with Crippen molar-refractivity contribution in [3.63, 3.8) is 0 Å². The molecule has 1 aromatic heterocycles. The first-order chi connectivity index (χ1) is 9.63. The second kappa shape index (κ2) is 8.23. The van der Waals surface area contributed by atoms with E-state index >= 15 is 0 Å². The maximum absolute atomic E-state index is 12.6. The van der Waals surface area contributed by atoms with Crippen LogP contribution in [0.25, 0.3) is 0 Å². The normalized spacial score (nSPS) is 10.2. The highest BCUT2D eigenvalue weighted by Gasteiger charge is 2.19. The molecule has 1 heterocycles. The summed E-state index contributed by atoms with van der Waals surface area (Å²) in [6, 6.07) is 3.74. The smallest absolute Gasteiger partial charge is 0.270 e. The van der Waals surface area contributed by atoms with Gasteiger partial charge in [0.15, 0.2) is 0 Å². The van der Waals surface area contributed by atoms with E-state index in [9.17, 15) is 4.79 Å². The number of nitrogens with zero attached hydrogens (tertiary/aromatic N) is 3. The molecule has 0 atom stereocenters. The van der Waals surface area contributed by atoms with Crippen LogP contribution < -0.4 is 5.73 Å². The Kier molecular flexibility index (Phi) is 6.60. The van der Waals surface area contributed by atoms with Crippen LogP contribution in [0.3, 0.4) is 0 Å². The van der Waals surface area contributed by atoms with Gasteiger partial charge in [-0.05, 0) is 12.5 Å². The van der Waals surface area contributed by atoms with Gasteiger partial charge < -0.3 is 19.9 Å². The van der Waals surface area contributed by atoms with Crippen molar-refractivity contribution in [2.75, 3.05) is 32.5 Å². The minimum Gasteiger partial charge on any atom is -0.397 e. The fourth-order valence-electron chi connectivity index (χ4n) is 2.00. The van der Waals surface area contributed by atoms with Gasteiger partial charge in [-0.3, -0.25) is 4.79 Å². The molecule has 1 rings (SSSR count). The predicted octanol–water partition coefficient (Wildman–Crippen LogP) is 1.48. The molecule has 6 nitrogen and oxygen atoms in total. The number of nitriles is 1. The number of hydrogen-bond acceptors (Lipinski definition) is 4. The Morgan fingerprint density at radius 1 is 1.55 bits per heavy atom. The van der Waals surface area contributed by atoms with Crippen LogP contribution in [-0.2, 0) is 11.3 Å².